The fourth-order valence-corrected chi connectivity index (χ4v) is 11.5. The van der Waals surface area contributed by atoms with Crippen LogP contribution in [0.25, 0.3) is 0 Å². The molecule has 0 bridgehead atoms. The molecule has 540 valence electrons. The first-order chi connectivity index (χ1) is 46.0. The molecule has 0 aliphatic carbocycles. The molecule has 0 aromatic heterocycles. The van der Waals surface area contributed by atoms with Gasteiger partial charge in [0.15, 0.2) is 6.10 Å². The Bertz CT molecular complexity index is 2050. The summed E-state index contributed by atoms with van der Waals surface area (Å²) in [7, 11) is 1.17. The third-order valence-electron chi connectivity index (χ3n) is 16.7. The third kappa shape index (κ3) is 77.2. The average molecular weight is 1330 g/mol. The number of ether oxygens (including phenoxy) is 2. The number of allylic oxidation sites excluding steroid dienone is 22. The Labute approximate surface area is 581 Å². The maximum atomic E-state index is 12.9. The second-order valence-electron chi connectivity index (χ2n) is 27.0. The van der Waals surface area contributed by atoms with E-state index in [4.69, 9.17) is 18.5 Å². The molecule has 0 saturated heterocycles. The van der Waals surface area contributed by atoms with Gasteiger partial charge in [-0.25, -0.2) is 0 Å². The van der Waals surface area contributed by atoms with Crippen LogP contribution in [0.15, 0.2) is 134 Å². The van der Waals surface area contributed by atoms with Crippen molar-refractivity contribution in [2.45, 2.75) is 341 Å². The van der Waals surface area contributed by atoms with Crippen LogP contribution in [-0.2, 0) is 32.7 Å². The summed E-state index contributed by atoms with van der Waals surface area (Å²) in [6, 6.07) is 0. The Morgan fingerprint density at radius 1 is 0.340 bits per heavy atom. The molecule has 10 heteroatoms. The van der Waals surface area contributed by atoms with Crippen LogP contribution in [-0.4, -0.2) is 70.0 Å². The van der Waals surface area contributed by atoms with Crippen molar-refractivity contribution < 1.29 is 42.1 Å². The highest BCUT2D eigenvalue weighted by Gasteiger charge is 2.22. The fourth-order valence-electron chi connectivity index (χ4n) is 10.7. The number of unbranched alkanes of at least 4 members (excludes halogenated alkanes) is 35. The van der Waals surface area contributed by atoms with Gasteiger partial charge in [-0.2, -0.15) is 0 Å². The van der Waals surface area contributed by atoms with Crippen LogP contribution in [0.4, 0.5) is 0 Å². The van der Waals surface area contributed by atoms with Gasteiger partial charge < -0.3 is 27.9 Å². The fraction of sp³-hybridized carbons (Fsp3) is 0.714. The van der Waals surface area contributed by atoms with Gasteiger partial charge in [0.2, 0.25) is 0 Å². The minimum absolute atomic E-state index is 0.0345. The number of carbonyl (C=O) groups excluding carboxylic acids is 2. The van der Waals surface area contributed by atoms with E-state index in [2.05, 4.69) is 148 Å². The van der Waals surface area contributed by atoms with E-state index in [9.17, 15) is 19.0 Å². The van der Waals surface area contributed by atoms with Gasteiger partial charge in [-0.1, -0.05) is 340 Å². The highest BCUT2D eigenvalue weighted by atomic mass is 31.2. The number of nitrogens with zero attached hydrogens (tertiary/aromatic N) is 1. The first kappa shape index (κ1) is 90.2. The maximum Gasteiger partial charge on any atom is 0.306 e. The van der Waals surface area contributed by atoms with Crippen molar-refractivity contribution in [2.24, 2.45) is 0 Å². The summed E-state index contributed by atoms with van der Waals surface area (Å²) >= 11 is 0. The predicted molar refractivity (Wildman–Crippen MR) is 406 cm³/mol. The molecule has 0 amide bonds. The minimum Gasteiger partial charge on any atom is -0.756 e. The van der Waals surface area contributed by atoms with Crippen LogP contribution >= 0.6 is 7.82 Å². The number of phosphoric ester groups is 1. The van der Waals surface area contributed by atoms with E-state index in [1.165, 1.54) is 199 Å². The molecule has 0 rings (SSSR count). The van der Waals surface area contributed by atoms with Gasteiger partial charge in [0.1, 0.15) is 19.8 Å². The lowest BCUT2D eigenvalue weighted by molar-refractivity contribution is -0.870. The lowest BCUT2D eigenvalue weighted by Gasteiger charge is -2.28. The molecule has 0 fully saturated rings. The summed E-state index contributed by atoms with van der Waals surface area (Å²) in [5.41, 5.74) is 0. The van der Waals surface area contributed by atoms with Crippen molar-refractivity contribution in [2.75, 3.05) is 47.5 Å². The van der Waals surface area contributed by atoms with E-state index >= 15 is 0 Å². The summed E-state index contributed by atoms with van der Waals surface area (Å²) < 4.78 is 34.4. The van der Waals surface area contributed by atoms with Crippen molar-refractivity contribution in [3.8, 4) is 0 Å². The number of quaternary nitrogens is 1. The number of rotatable bonds is 71. The van der Waals surface area contributed by atoms with Crippen LogP contribution < -0.4 is 4.89 Å². The SMILES string of the molecule is CC/C=C\C/C=C\C/C=C\C/C=C\C/C=C\C/C=C\C/C=C\C/C=C\C/C=C\CCCCCCCCCCCCCCCC(=O)OC(COC(=O)CCCCCCCCCCCCCCCCCCC/C=C\C/C=C\CCCCCCC)COP(=O)([O-])OCC[N+](C)(C)C. The van der Waals surface area contributed by atoms with Gasteiger partial charge in [-0.15, -0.1) is 0 Å². The molecular formula is C84H146NO8P. The number of carbonyl (C=O) groups is 2. The molecule has 0 heterocycles. The Kier molecular flexibility index (Phi) is 70.4. The van der Waals surface area contributed by atoms with Crippen molar-refractivity contribution >= 4 is 19.8 Å². The average Bonchev–Trinajstić information content (AvgIpc) is 1.57. The number of hydrogen-bond donors (Lipinski definition) is 0. The van der Waals surface area contributed by atoms with E-state index in [0.29, 0.717) is 17.4 Å². The minimum atomic E-state index is -4.65. The van der Waals surface area contributed by atoms with E-state index < -0.39 is 26.5 Å². The van der Waals surface area contributed by atoms with Crippen molar-refractivity contribution in [1.29, 1.82) is 0 Å². The van der Waals surface area contributed by atoms with Crippen LogP contribution in [0.3, 0.4) is 0 Å². The van der Waals surface area contributed by atoms with Gasteiger partial charge in [0.25, 0.3) is 7.82 Å². The molecule has 0 aliphatic heterocycles. The molecule has 2 unspecified atom stereocenters. The Balaban J connectivity index is 4.01. The zero-order valence-electron chi connectivity index (χ0n) is 61.6. The van der Waals surface area contributed by atoms with Gasteiger partial charge in [0, 0.05) is 12.8 Å². The molecule has 0 N–H and O–H groups in total. The van der Waals surface area contributed by atoms with Gasteiger partial charge in [0.05, 0.1) is 27.7 Å². The summed E-state index contributed by atoms with van der Waals surface area (Å²) in [5.74, 6) is -0.828. The molecule has 9 nitrogen and oxygen atoms in total. The molecular weight excluding hydrogens is 1180 g/mol. The highest BCUT2D eigenvalue weighted by Crippen LogP contribution is 2.38. The van der Waals surface area contributed by atoms with E-state index in [1.807, 2.05) is 21.1 Å². The summed E-state index contributed by atoms with van der Waals surface area (Å²) in [6.07, 6.45) is 107. The molecule has 0 radical (unpaired) electrons. The van der Waals surface area contributed by atoms with E-state index in [0.717, 1.165) is 103 Å². The summed E-state index contributed by atoms with van der Waals surface area (Å²) in [5, 5.41) is 0. The van der Waals surface area contributed by atoms with Gasteiger partial charge in [-0.3, -0.25) is 14.2 Å². The topological polar surface area (TPSA) is 111 Å². The van der Waals surface area contributed by atoms with Crippen LogP contribution in [0.1, 0.15) is 335 Å². The molecule has 0 aromatic carbocycles. The van der Waals surface area contributed by atoms with Crippen LogP contribution in [0.5, 0.6) is 0 Å². The Hall–Kier alpha value is -3.85. The highest BCUT2D eigenvalue weighted by molar-refractivity contribution is 7.45. The van der Waals surface area contributed by atoms with E-state index in [1.54, 1.807) is 0 Å². The zero-order chi connectivity index (χ0) is 68.3. The number of hydrogen-bond acceptors (Lipinski definition) is 8. The number of likely N-dealkylation sites (N-methyl/N-ethyl adjacent to an activating group) is 1. The maximum absolute atomic E-state index is 12.9. The molecule has 2 atom stereocenters. The Morgan fingerprint density at radius 2 is 0.606 bits per heavy atom. The lowest BCUT2D eigenvalue weighted by atomic mass is 10.0. The zero-order valence-corrected chi connectivity index (χ0v) is 62.5. The van der Waals surface area contributed by atoms with Crippen molar-refractivity contribution in [1.82, 2.24) is 0 Å². The molecule has 0 aromatic rings. The third-order valence-corrected chi connectivity index (χ3v) is 17.6. The van der Waals surface area contributed by atoms with Gasteiger partial charge >= 0.3 is 11.9 Å². The standard InChI is InChI=1S/C84H146NO8P/c1-6-8-10-12-14-16-18-20-22-24-26-28-30-32-34-36-37-38-39-40-41-42-43-44-45-46-47-49-51-53-55-57-59-61-63-65-67-69-71-73-75-77-84(87)93-82(81-92-94(88,89)91-79-78-85(3,4)5)80-90-83(86)76-74-72-70-68-66-64-62-60-58-56-54-52-50-48-35-33-31-29-27-25-23-21-19-17-15-13-11-9-7-2/h8,10,14,16,19-22,25-28,32,34,37-38,40-41,43-44,46-47,82H,6-7,9,11-13,15,17-18,23-24,29-31,33,35-36,39,42,45,48-81H2,1-5H3/b10-8-,16-14-,21-19-,22-20-,27-25-,28-26-,34-32-,38-37-,41-40-,44-43-,47-46-. The molecule has 0 saturated carbocycles. The lowest BCUT2D eigenvalue weighted by Crippen LogP contribution is -2.37. The second kappa shape index (κ2) is 73.4. The number of esters is 2. The predicted octanol–water partition coefficient (Wildman–Crippen LogP) is 25.3. The van der Waals surface area contributed by atoms with Crippen molar-refractivity contribution in [3.05, 3.63) is 134 Å². The molecule has 0 spiro atoms. The number of phosphoric acid groups is 1. The summed E-state index contributed by atoms with van der Waals surface area (Å²) in [4.78, 5) is 38.2. The summed E-state index contributed by atoms with van der Waals surface area (Å²) in [6.45, 7) is 4.14. The first-order valence-corrected chi connectivity index (χ1v) is 40.4. The first-order valence-electron chi connectivity index (χ1n) is 38.9. The van der Waals surface area contributed by atoms with Crippen LogP contribution in [0, 0.1) is 0 Å². The van der Waals surface area contributed by atoms with Crippen molar-refractivity contribution in [3.63, 3.8) is 0 Å². The van der Waals surface area contributed by atoms with Gasteiger partial charge in [-0.05, 0) is 116 Å². The molecule has 0 aliphatic rings. The quantitative estimate of drug-likeness (QED) is 0.0195. The molecule has 94 heavy (non-hydrogen) atoms. The second-order valence-corrected chi connectivity index (χ2v) is 28.4. The largest absolute Gasteiger partial charge is 0.756 e. The van der Waals surface area contributed by atoms with E-state index in [-0.39, 0.29) is 32.0 Å². The monoisotopic (exact) mass is 1330 g/mol. The smallest absolute Gasteiger partial charge is 0.306 e. The van der Waals surface area contributed by atoms with Crippen LogP contribution in [0.2, 0.25) is 0 Å². The Morgan fingerprint density at radius 3 is 0.904 bits per heavy atom. The normalized spacial score (nSPS) is 13.8.